The zero-order chi connectivity index (χ0) is 26.1. The van der Waals surface area contributed by atoms with Crippen LogP contribution in [0.2, 0.25) is 0 Å². The lowest BCUT2D eigenvalue weighted by Gasteiger charge is -2.49. The van der Waals surface area contributed by atoms with E-state index in [1.807, 2.05) is 14.0 Å². The summed E-state index contributed by atoms with van der Waals surface area (Å²) in [4.78, 5) is 11.1. The summed E-state index contributed by atoms with van der Waals surface area (Å²) in [5.41, 5.74) is 17.2. The average Bonchev–Trinajstić information content (AvgIpc) is 2.80. The third kappa shape index (κ3) is 6.10. The molecule has 0 aromatic rings. The number of nitrogens with zero attached hydrogens (tertiary/aromatic N) is 2. The number of rotatable bonds is 8. The number of hydrogen-bond acceptors (Lipinski definition) is 13. The second-order valence-corrected chi connectivity index (χ2v) is 10.2. The Balaban J connectivity index is 1.71. The standard InChI is InChI=1S/C21H42N6O8/c1-9(25-3)13-6-5-10(22)19(33-13)34-16-11(23)7-12(24)17(14(16)28)35-20-15(29)18(27(4)26-31)21(2,30)8-32-20/h9-20,25,28-30H,5-8,22-24H2,1-4H3/t9?,10-,11+,12-,13+,14-,15+,16-,17+,18-,19-,20-,21+/m1/s1. The molecule has 1 saturated carbocycles. The Labute approximate surface area is 205 Å². The van der Waals surface area contributed by atoms with Gasteiger partial charge in [0.1, 0.15) is 36.1 Å². The largest absolute Gasteiger partial charge is 0.388 e. The van der Waals surface area contributed by atoms with Gasteiger partial charge in [-0.3, -0.25) is 5.01 Å². The predicted octanol–water partition coefficient (Wildman–Crippen LogP) is -2.93. The number of nitrogens with one attached hydrogen (secondary N) is 1. The van der Waals surface area contributed by atoms with E-state index in [9.17, 15) is 20.2 Å². The van der Waals surface area contributed by atoms with Crippen LogP contribution in [0.4, 0.5) is 0 Å². The lowest BCUT2D eigenvalue weighted by Crippen LogP contribution is -2.68. The third-order valence-electron chi connectivity index (χ3n) is 7.41. The SMILES string of the molecule is CNC(C)[C@@H]1CC[C@@H](N)[C@@H](O[C@H]2[C@@H](O)[C@@H](O[C@H]3OC[C@](C)(O)[C@H](N(C)N=O)[C@@H]3O)[C@H](N)C[C@@H]2N)O1. The minimum Gasteiger partial charge on any atom is -0.388 e. The number of aliphatic hydroxyl groups is 3. The van der Waals surface area contributed by atoms with E-state index >= 15 is 0 Å². The molecular weight excluding hydrogens is 464 g/mol. The Morgan fingerprint density at radius 1 is 1.09 bits per heavy atom. The molecule has 14 heteroatoms. The van der Waals surface area contributed by atoms with Crippen LogP contribution < -0.4 is 22.5 Å². The van der Waals surface area contributed by atoms with Gasteiger partial charge in [0.15, 0.2) is 12.6 Å². The van der Waals surface area contributed by atoms with Gasteiger partial charge in [-0.25, -0.2) is 0 Å². The van der Waals surface area contributed by atoms with Crippen molar-refractivity contribution in [3.63, 3.8) is 0 Å². The molecule has 204 valence electrons. The first kappa shape index (κ1) is 28.5. The van der Waals surface area contributed by atoms with Crippen molar-refractivity contribution in [3.05, 3.63) is 4.91 Å². The zero-order valence-electron chi connectivity index (χ0n) is 20.8. The van der Waals surface area contributed by atoms with E-state index in [1.54, 1.807) is 0 Å². The van der Waals surface area contributed by atoms with Gasteiger partial charge in [-0.15, -0.1) is 4.91 Å². The van der Waals surface area contributed by atoms with E-state index in [4.69, 9.17) is 36.1 Å². The Kier molecular flexibility index (Phi) is 9.43. The second-order valence-electron chi connectivity index (χ2n) is 10.2. The van der Waals surface area contributed by atoms with E-state index in [0.29, 0.717) is 6.42 Å². The molecule has 2 saturated heterocycles. The predicted molar refractivity (Wildman–Crippen MR) is 124 cm³/mol. The van der Waals surface area contributed by atoms with Gasteiger partial charge >= 0.3 is 0 Å². The topological polar surface area (TPSA) is 220 Å². The Hall–Kier alpha value is -1.04. The van der Waals surface area contributed by atoms with Gasteiger partial charge in [-0.1, -0.05) is 0 Å². The van der Waals surface area contributed by atoms with Crippen LogP contribution in [0.25, 0.3) is 0 Å². The number of aliphatic hydroxyl groups excluding tert-OH is 2. The lowest BCUT2D eigenvalue weighted by molar-refractivity contribution is -0.314. The molecule has 1 aliphatic carbocycles. The molecule has 13 atom stereocenters. The van der Waals surface area contributed by atoms with Crippen LogP contribution in [0.1, 0.15) is 33.1 Å². The maximum atomic E-state index is 11.2. The van der Waals surface area contributed by atoms with Crippen LogP contribution in [0.3, 0.4) is 0 Å². The number of nitrogens with two attached hydrogens (primary N) is 3. The van der Waals surface area contributed by atoms with Gasteiger partial charge in [0.25, 0.3) is 0 Å². The highest BCUT2D eigenvalue weighted by Crippen LogP contribution is 2.33. The van der Waals surface area contributed by atoms with Crippen molar-refractivity contribution in [1.29, 1.82) is 0 Å². The summed E-state index contributed by atoms with van der Waals surface area (Å²) >= 11 is 0. The molecule has 0 radical (unpaired) electrons. The van der Waals surface area contributed by atoms with Crippen molar-refractivity contribution < 1.29 is 34.3 Å². The third-order valence-corrected chi connectivity index (χ3v) is 7.41. The summed E-state index contributed by atoms with van der Waals surface area (Å²) in [6.45, 7) is 3.17. The van der Waals surface area contributed by atoms with Crippen molar-refractivity contribution in [1.82, 2.24) is 10.3 Å². The van der Waals surface area contributed by atoms with Crippen LogP contribution in [0.5, 0.6) is 0 Å². The molecule has 0 aromatic carbocycles. The van der Waals surface area contributed by atoms with Crippen LogP contribution in [0.15, 0.2) is 5.29 Å². The molecule has 1 unspecified atom stereocenters. The lowest BCUT2D eigenvalue weighted by atomic mass is 9.84. The highest BCUT2D eigenvalue weighted by molar-refractivity contribution is 5.02. The fourth-order valence-electron chi connectivity index (χ4n) is 5.21. The first-order chi connectivity index (χ1) is 16.4. The molecule has 35 heavy (non-hydrogen) atoms. The van der Waals surface area contributed by atoms with Gasteiger partial charge in [-0.2, -0.15) is 0 Å². The molecule has 10 N–H and O–H groups in total. The van der Waals surface area contributed by atoms with E-state index in [0.717, 1.165) is 11.4 Å². The summed E-state index contributed by atoms with van der Waals surface area (Å²) < 4.78 is 23.6. The highest BCUT2D eigenvalue weighted by Gasteiger charge is 2.52. The molecular formula is C21H42N6O8. The van der Waals surface area contributed by atoms with Crippen LogP contribution in [0, 0.1) is 4.91 Å². The Bertz CT molecular complexity index is 707. The average molecular weight is 507 g/mol. The molecule has 0 aromatic heterocycles. The normalized spacial score (nSPS) is 47.8. The fourth-order valence-corrected chi connectivity index (χ4v) is 5.21. The first-order valence-electron chi connectivity index (χ1n) is 12.1. The minimum atomic E-state index is -1.57. The Morgan fingerprint density at radius 2 is 1.69 bits per heavy atom. The zero-order valence-corrected chi connectivity index (χ0v) is 20.8. The van der Waals surface area contributed by atoms with Gasteiger partial charge in [0.2, 0.25) is 0 Å². The molecule has 0 amide bonds. The van der Waals surface area contributed by atoms with Gasteiger partial charge in [-0.05, 0) is 40.2 Å². The van der Waals surface area contributed by atoms with Crippen LogP contribution in [-0.4, -0.2) is 120 Å². The molecule has 0 bridgehead atoms. The quantitative estimate of drug-likeness (QED) is 0.130. The monoisotopic (exact) mass is 506 g/mol. The van der Waals surface area contributed by atoms with Crippen molar-refractivity contribution in [3.8, 4) is 0 Å². The van der Waals surface area contributed by atoms with Gasteiger partial charge in [0.05, 0.1) is 24.0 Å². The molecule has 3 aliphatic rings. The highest BCUT2D eigenvalue weighted by atomic mass is 16.7. The van der Waals surface area contributed by atoms with Crippen molar-refractivity contribution in [2.24, 2.45) is 22.5 Å². The van der Waals surface area contributed by atoms with E-state index in [1.165, 1.54) is 14.0 Å². The second kappa shape index (κ2) is 11.6. The summed E-state index contributed by atoms with van der Waals surface area (Å²) in [5.74, 6) is 0. The molecule has 14 nitrogen and oxygen atoms in total. The van der Waals surface area contributed by atoms with E-state index < -0.39 is 66.8 Å². The minimum absolute atomic E-state index is 0.0807. The first-order valence-corrected chi connectivity index (χ1v) is 12.1. The number of nitroso groups, excluding NO2 is 1. The smallest absolute Gasteiger partial charge is 0.186 e. The maximum Gasteiger partial charge on any atom is 0.186 e. The van der Waals surface area contributed by atoms with Gasteiger partial charge < -0.3 is 56.8 Å². The fraction of sp³-hybridized carbons (Fsp3) is 1.00. The summed E-state index contributed by atoms with van der Waals surface area (Å²) in [6, 6.07) is -2.74. The van der Waals surface area contributed by atoms with E-state index in [-0.39, 0.29) is 25.2 Å². The van der Waals surface area contributed by atoms with Crippen molar-refractivity contribution in [2.45, 2.75) is 112 Å². The molecule has 3 rings (SSSR count). The molecule has 3 fully saturated rings. The number of hydrogen-bond donors (Lipinski definition) is 7. The summed E-state index contributed by atoms with van der Waals surface area (Å²) in [7, 11) is 3.18. The van der Waals surface area contributed by atoms with Crippen molar-refractivity contribution in [2.75, 3.05) is 20.7 Å². The molecule has 2 aliphatic heterocycles. The van der Waals surface area contributed by atoms with Gasteiger partial charge in [0, 0.05) is 25.2 Å². The van der Waals surface area contributed by atoms with Crippen LogP contribution >= 0.6 is 0 Å². The maximum absolute atomic E-state index is 11.2. The summed E-state index contributed by atoms with van der Waals surface area (Å²) in [6.07, 6.45) is -5.17. The van der Waals surface area contributed by atoms with E-state index in [2.05, 4.69) is 10.6 Å². The van der Waals surface area contributed by atoms with Crippen molar-refractivity contribution >= 4 is 0 Å². The van der Waals surface area contributed by atoms with Crippen LogP contribution in [-0.2, 0) is 18.9 Å². The molecule has 2 heterocycles. The Morgan fingerprint density at radius 3 is 2.26 bits per heavy atom. The molecule has 0 spiro atoms. The summed E-state index contributed by atoms with van der Waals surface area (Å²) in [5, 5.41) is 39.4. The number of likely N-dealkylation sites (N-methyl/N-ethyl adjacent to an activating group) is 2. The number of ether oxygens (including phenoxy) is 4.